The Balaban J connectivity index is 2.28. The van der Waals surface area contributed by atoms with Gasteiger partial charge in [-0.1, -0.05) is 12.1 Å². The third-order valence-corrected chi connectivity index (χ3v) is 5.28. The third-order valence-electron chi connectivity index (χ3n) is 4.04. The Morgan fingerprint density at radius 3 is 2.45 bits per heavy atom. The van der Waals surface area contributed by atoms with Crippen molar-refractivity contribution in [1.29, 1.82) is 0 Å². The summed E-state index contributed by atoms with van der Waals surface area (Å²) in [6.07, 6.45) is 1.03. The van der Waals surface area contributed by atoms with E-state index >= 15 is 0 Å². The highest BCUT2D eigenvalue weighted by Gasteiger charge is 2.29. The van der Waals surface area contributed by atoms with E-state index in [9.17, 15) is 18.0 Å². The quantitative estimate of drug-likeness (QED) is 0.659. The van der Waals surface area contributed by atoms with Crippen LogP contribution in [0.1, 0.15) is 24.2 Å². The molecule has 0 heterocycles. The van der Waals surface area contributed by atoms with Crippen LogP contribution in [0.15, 0.2) is 48.5 Å². The van der Waals surface area contributed by atoms with Gasteiger partial charge in [-0.25, -0.2) is 13.2 Å². The largest absolute Gasteiger partial charge is 0.497 e. The van der Waals surface area contributed by atoms with Crippen LogP contribution >= 0.6 is 0 Å². The van der Waals surface area contributed by atoms with E-state index in [1.165, 1.54) is 26.2 Å². The Labute approximate surface area is 170 Å². The summed E-state index contributed by atoms with van der Waals surface area (Å²) in [5.74, 6) is -0.601. The SMILES string of the molecule is CCOC(=O)c1cccc(NC(=O)[C@@H](C)N(c2cccc(OC)c2)S(C)(=O)=O)c1. The number of hydrogen-bond donors (Lipinski definition) is 1. The van der Waals surface area contributed by atoms with Crippen LogP contribution in [0.2, 0.25) is 0 Å². The second-order valence-electron chi connectivity index (χ2n) is 6.23. The van der Waals surface area contributed by atoms with Gasteiger partial charge in [-0.15, -0.1) is 0 Å². The molecule has 9 heteroatoms. The zero-order chi connectivity index (χ0) is 21.6. The highest BCUT2D eigenvalue weighted by atomic mass is 32.2. The van der Waals surface area contributed by atoms with Crippen LogP contribution in [-0.2, 0) is 19.6 Å². The highest BCUT2D eigenvalue weighted by molar-refractivity contribution is 7.92. The first-order valence-corrected chi connectivity index (χ1v) is 10.7. The van der Waals surface area contributed by atoms with Crippen molar-refractivity contribution in [1.82, 2.24) is 0 Å². The van der Waals surface area contributed by atoms with Crippen LogP contribution in [0.5, 0.6) is 5.75 Å². The molecule has 0 bridgehead atoms. The van der Waals surface area contributed by atoms with Crippen molar-refractivity contribution in [2.45, 2.75) is 19.9 Å². The van der Waals surface area contributed by atoms with E-state index in [0.717, 1.165) is 10.6 Å². The number of carbonyl (C=O) groups is 2. The number of amides is 1. The summed E-state index contributed by atoms with van der Waals surface area (Å²) >= 11 is 0. The molecule has 156 valence electrons. The fraction of sp³-hybridized carbons (Fsp3) is 0.300. The number of sulfonamides is 1. The van der Waals surface area contributed by atoms with Gasteiger partial charge in [0.25, 0.3) is 0 Å². The number of benzene rings is 2. The Kier molecular flexibility index (Phi) is 7.22. The molecule has 0 aliphatic rings. The topological polar surface area (TPSA) is 102 Å². The van der Waals surface area contributed by atoms with Crippen molar-refractivity contribution in [3.63, 3.8) is 0 Å². The molecule has 8 nitrogen and oxygen atoms in total. The average Bonchev–Trinajstić information content (AvgIpc) is 2.67. The molecule has 29 heavy (non-hydrogen) atoms. The molecule has 0 aromatic heterocycles. The maximum Gasteiger partial charge on any atom is 0.338 e. The second kappa shape index (κ2) is 9.42. The van der Waals surface area contributed by atoms with Gasteiger partial charge in [-0.2, -0.15) is 0 Å². The van der Waals surface area contributed by atoms with Crippen molar-refractivity contribution in [2.75, 3.05) is 29.6 Å². The molecular weight excluding hydrogens is 396 g/mol. The molecule has 2 aromatic carbocycles. The number of nitrogens with zero attached hydrogens (tertiary/aromatic N) is 1. The molecular formula is C20H24N2O6S. The van der Waals surface area contributed by atoms with Crippen molar-refractivity contribution >= 4 is 33.3 Å². The summed E-state index contributed by atoms with van der Waals surface area (Å²) in [6.45, 7) is 3.41. The van der Waals surface area contributed by atoms with Crippen LogP contribution in [0.25, 0.3) is 0 Å². The molecule has 2 aromatic rings. The molecule has 0 radical (unpaired) electrons. The molecule has 0 aliphatic heterocycles. The molecule has 0 spiro atoms. The number of anilines is 2. The minimum atomic E-state index is -3.77. The summed E-state index contributed by atoms with van der Waals surface area (Å²) in [5, 5.41) is 2.65. The van der Waals surface area contributed by atoms with E-state index in [1.807, 2.05) is 0 Å². The van der Waals surface area contributed by atoms with E-state index in [0.29, 0.717) is 17.1 Å². The predicted octanol–water partition coefficient (Wildman–Crippen LogP) is 2.67. The molecule has 0 aliphatic carbocycles. The zero-order valence-corrected chi connectivity index (χ0v) is 17.5. The van der Waals surface area contributed by atoms with Gasteiger partial charge in [0.1, 0.15) is 11.8 Å². The molecule has 0 saturated heterocycles. The van der Waals surface area contributed by atoms with Gasteiger partial charge in [0.05, 0.1) is 31.2 Å². The predicted molar refractivity (Wildman–Crippen MR) is 111 cm³/mol. The highest BCUT2D eigenvalue weighted by Crippen LogP contribution is 2.25. The van der Waals surface area contributed by atoms with E-state index in [-0.39, 0.29) is 12.2 Å². The van der Waals surface area contributed by atoms with Crippen LogP contribution in [0, 0.1) is 0 Å². The molecule has 1 N–H and O–H groups in total. The summed E-state index contributed by atoms with van der Waals surface area (Å²) in [5.41, 5.74) is 0.936. The summed E-state index contributed by atoms with van der Waals surface area (Å²) in [7, 11) is -2.30. The number of hydrogen-bond acceptors (Lipinski definition) is 6. The lowest BCUT2D eigenvalue weighted by molar-refractivity contribution is -0.116. The third kappa shape index (κ3) is 5.71. The maximum atomic E-state index is 12.8. The first-order chi connectivity index (χ1) is 13.7. The number of rotatable bonds is 8. The van der Waals surface area contributed by atoms with E-state index in [1.54, 1.807) is 43.3 Å². The van der Waals surface area contributed by atoms with Crippen molar-refractivity contribution in [2.24, 2.45) is 0 Å². The molecule has 0 fully saturated rings. The van der Waals surface area contributed by atoms with E-state index in [2.05, 4.69) is 5.32 Å². The maximum absolute atomic E-state index is 12.8. The van der Waals surface area contributed by atoms with Crippen LogP contribution in [0.4, 0.5) is 11.4 Å². The van der Waals surface area contributed by atoms with Gasteiger partial charge in [0.2, 0.25) is 15.9 Å². The molecule has 2 rings (SSSR count). The van der Waals surface area contributed by atoms with Crippen LogP contribution in [-0.4, -0.2) is 46.3 Å². The molecule has 0 unspecified atom stereocenters. The summed E-state index contributed by atoms with van der Waals surface area (Å²) < 4.78 is 35.9. The minimum absolute atomic E-state index is 0.232. The molecule has 1 amide bonds. The Morgan fingerprint density at radius 2 is 1.83 bits per heavy atom. The fourth-order valence-corrected chi connectivity index (χ4v) is 3.91. The fourth-order valence-electron chi connectivity index (χ4n) is 2.74. The second-order valence-corrected chi connectivity index (χ2v) is 8.09. The van der Waals surface area contributed by atoms with Gasteiger partial charge in [-0.05, 0) is 44.2 Å². The van der Waals surface area contributed by atoms with E-state index < -0.39 is 27.9 Å². The summed E-state index contributed by atoms with van der Waals surface area (Å²) in [4.78, 5) is 24.6. The van der Waals surface area contributed by atoms with Crippen LogP contribution < -0.4 is 14.4 Å². The van der Waals surface area contributed by atoms with Crippen LogP contribution in [0.3, 0.4) is 0 Å². The Morgan fingerprint density at radius 1 is 1.14 bits per heavy atom. The van der Waals surface area contributed by atoms with Gasteiger partial charge < -0.3 is 14.8 Å². The number of methoxy groups -OCH3 is 1. The van der Waals surface area contributed by atoms with E-state index in [4.69, 9.17) is 9.47 Å². The van der Waals surface area contributed by atoms with Gasteiger partial charge in [0, 0.05) is 11.8 Å². The zero-order valence-electron chi connectivity index (χ0n) is 16.7. The smallest absolute Gasteiger partial charge is 0.338 e. The molecule has 0 saturated carbocycles. The van der Waals surface area contributed by atoms with Gasteiger partial charge in [-0.3, -0.25) is 9.10 Å². The number of esters is 1. The van der Waals surface area contributed by atoms with Crippen molar-refractivity contribution in [3.8, 4) is 5.75 Å². The lowest BCUT2D eigenvalue weighted by atomic mass is 10.2. The average molecular weight is 420 g/mol. The number of ether oxygens (including phenoxy) is 2. The number of nitrogens with one attached hydrogen (secondary N) is 1. The van der Waals surface area contributed by atoms with Crippen molar-refractivity contribution < 1.29 is 27.5 Å². The lowest BCUT2D eigenvalue weighted by Crippen LogP contribution is -2.45. The van der Waals surface area contributed by atoms with Crippen molar-refractivity contribution in [3.05, 3.63) is 54.1 Å². The minimum Gasteiger partial charge on any atom is -0.497 e. The normalized spacial score (nSPS) is 12.0. The lowest BCUT2D eigenvalue weighted by Gasteiger charge is -2.28. The van der Waals surface area contributed by atoms with Gasteiger partial charge in [0.15, 0.2) is 0 Å². The first-order valence-electron chi connectivity index (χ1n) is 8.89. The Hall–Kier alpha value is -3.07. The molecule has 1 atom stereocenters. The monoisotopic (exact) mass is 420 g/mol. The van der Waals surface area contributed by atoms with Gasteiger partial charge >= 0.3 is 5.97 Å². The Bertz CT molecular complexity index is 990. The number of carbonyl (C=O) groups excluding carboxylic acids is 2. The first kappa shape index (κ1) is 22.2. The summed E-state index contributed by atoms with van der Waals surface area (Å²) in [6, 6.07) is 11.6. The standard InChI is InChI=1S/C20H24N2O6S/c1-5-28-20(24)15-8-6-9-16(12-15)21-19(23)14(2)22(29(4,25)26)17-10-7-11-18(13-17)27-3/h6-14H,5H2,1-4H3,(H,21,23)/t14-/m1/s1.